The van der Waals surface area contributed by atoms with Crippen LogP contribution in [0, 0.1) is 11.8 Å². The highest BCUT2D eigenvalue weighted by atomic mass is 16.3. The van der Waals surface area contributed by atoms with Gasteiger partial charge < -0.3 is 20.8 Å². The van der Waals surface area contributed by atoms with Crippen LogP contribution < -0.4 is 10.6 Å². The Kier molecular flexibility index (Phi) is 28.2. The number of hydrogen-bond acceptors (Lipinski definition) is 4. The Hall–Kier alpha value is -0.160. The lowest BCUT2D eigenvalue weighted by Gasteiger charge is -2.00. The third-order valence-electron chi connectivity index (χ3n) is 2.04. The van der Waals surface area contributed by atoms with Gasteiger partial charge in [-0.15, -0.1) is 0 Å². The molecule has 0 aromatic rings. The molecule has 0 bridgehead atoms. The van der Waals surface area contributed by atoms with E-state index in [1.807, 2.05) is 7.05 Å². The summed E-state index contributed by atoms with van der Waals surface area (Å²) in [5.41, 5.74) is 0. The Morgan fingerprint density at radius 1 is 0.722 bits per heavy atom. The standard InChI is InChI=1S/C6H15N.C5H12O.C3H9NO/c1-6(2)4-5-7-3;1-5(2)3-4-6;1-4-2-3-5/h6-7H,4-5H2,1-3H3;5-6H,3-4H2,1-2H3;4-5H,2-3H2,1H3. The molecule has 0 aromatic heterocycles. The third-order valence-corrected chi connectivity index (χ3v) is 2.04. The van der Waals surface area contributed by atoms with Crippen molar-refractivity contribution in [3.8, 4) is 0 Å². The molecule has 0 spiro atoms. The van der Waals surface area contributed by atoms with Crippen LogP contribution in [0.5, 0.6) is 0 Å². The maximum Gasteiger partial charge on any atom is 0.0555 e. The second kappa shape index (κ2) is 22.1. The van der Waals surface area contributed by atoms with Gasteiger partial charge in [0.15, 0.2) is 0 Å². The molecule has 0 heterocycles. The summed E-state index contributed by atoms with van der Waals surface area (Å²) in [5.74, 6) is 1.49. The lowest BCUT2D eigenvalue weighted by Crippen LogP contribution is -2.10. The molecule has 0 unspecified atom stereocenters. The van der Waals surface area contributed by atoms with Gasteiger partial charge in [-0.2, -0.15) is 0 Å². The Bertz CT molecular complexity index is 118. The lowest BCUT2D eigenvalue weighted by atomic mass is 10.1. The summed E-state index contributed by atoms with van der Waals surface area (Å²) >= 11 is 0. The summed E-state index contributed by atoms with van der Waals surface area (Å²) in [6.07, 6.45) is 2.22. The first-order valence-electron chi connectivity index (χ1n) is 6.97. The highest BCUT2D eigenvalue weighted by molar-refractivity contribution is 4.45. The van der Waals surface area contributed by atoms with Gasteiger partial charge in [0.2, 0.25) is 0 Å². The maximum atomic E-state index is 8.24. The van der Waals surface area contributed by atoms with Crippen molar-refractivity contribution < 1.29 is 10.2 Å². The van der Waals surface area contributed by atoms with E-state index in [1.165, 1.54) is 6.42 Å². The van der Waals surface area contributed by atoms with Crippen LogP contribution in [0.25, 0.3) is 0 Å². The molecule has 0 amide bonds. The number of aliphatic hydroxyl groups is 2. The molecular weight excluding hydrogens is 228 g/mol. The van der Waals surface area contributed by atoms with Gasteiger partial charge in [-0.25, -0.2) is 0 Å². The zero-order valence-electron chi connectivity index (χ0n) is 13.3. The molecule has 4 N–H and O–H groups in total. The van der Waals surface area contributed by atoms with Gasteiger partial charge in [0.1, 0.15) is 0 Å². The van der Waals surface area contributed by atoms with E-state index in [0.29, 0.717) is 19.1 Å². The summed E-state index contributed by atoms with van der Waals surface area (Å²) in [4.78, 5) is 0. The molecular formula is C14H36N2O2. The number of hydrogen-bond donors (Lipinski definition) is 4. The number of aliphatic hydroxyl groups excluding tert-OH is 2. The van der Waals surface area contributed by atoms with Crippen LogP contribution in [0.2, 0.25) is 0 Å². The van der Waals surface area contributed by atoms with Gasteiger partial charge in [0, 0.05) is 13.2 Å². The number of nitrogens with one attached hydrogen (secondary N) is 2. The van der Waals surface area contributed by atoms with Gasteiger partial charge in [-0.3, -0.25) is 0 Å². The van der Waals surface area contributed by atoms with Gasteiger partial charge in [-0.05, 0) is 45.3 Å². The fourth-order valence-electron chi connectivity index (χ4n) is 0.803. The Morgan fingerprint density at radius 2 is 1.17 bits per heavy atom. The van der Waals surface area contributed by atoms with Crippen molar-refractivity contribution in [1.29, 1.82) is 0 Å². The number of rotatable bonds is 7. The van der Waals surface area contributed by atoms with E-state index in [1.54, 1.807) is 7.05 Å². The Balaban J connectivity index is -0.000000190. The predicted octanol–water partition coefficient (Wildman–Crippen LogP) is 1.47. The zero-order valence-corrected chi connectivity index (χ0v) is 13.3. The van der Waals surface area contributed by atoms with E-state index in [0.717, 1.165) is 18.9 Å². The fraction of sp³-hybridized carbons (Fsp3) is 1.00. The third kappa shape index (κ3) is 44.6. The first kappa shape index (κ1) is 23.0. The molecule has 0 aliphatic heterocycles. The smallest absolute Gasteiger partial charge is 0.0555 e. The number of likely N-dealkylation sites (N-methyl/N-ethyl adjacent to an activating group) is 1. The maximum absolute atomic E-state index is 8.24. The predicted molar refractivity (Wildman–Crippen MR) is 80.9 cm³/mol. The van der Waals surface area contributed by atoms with E-state index in [9.17, 15) is 0 Å². The second-order valence-corrected chi connectivity index (χ2v) is 5.02. The molecule has 114 valence electrons. The van der Waals surface area contributed by atoms with Crippen molar-refractivity contribution in [3.05, 3.63) is 0 Å². The molecule has 0 fully saturated rings. The Morgan fingerprint density at radius 3 is 1.22 bits per heavy atom. The quantitative estimate of drug-likeness (QED) is 0.562. The average molecular weight is 264 g/mol. The van der Waals surface area contributed by atoms with Gasteiger partial charge in [0.25, 0.3) is 0 Å². The summed E-state index contributed by atoms with van der Waals surface area (Å²) in [6.45, 7) is 11.1. The first-order chi connectivity index (χ1) is 8.45. The molecule has 0 saturated carbocycles. The molecule has 0 aliphatic carbocycles. The highest BCUT2D eigenvalue weighted by Gasteiger charge is 1.88. The van der Waals surface area contributed by atoms with E-state index in [-0.39, 0.29) is 6.61 Å². The summed E-state index contributed by atoms with van der Waals surface area (Å²) in [6, 6.07) is 0. The molecule has 0 saturated heterocycles. The lowest BCUT2D eigenvalue weighted by molar-refractivity contribution is 0.268. The van der Waals surface area contributed by atoms with Crippen LogP contribution in [0.1, 0.15) is 40.5 Å². The fourth-order valence-corrected chi connectivity index (χ4v) is 0.803. The SMILES string of the molecule is CC(C)CCO.CNCCC(C)C.CNCCO. The Labute approximate surface area is 114 Å². The summed E-state index contributed by atoms with van der Waals surface area (Å²) in [5, 5.41) is 22.1. The van der Waals surface area contributed by atoms with Crippen LogP contribution in [-0.4, -0.2) is 50.6 Å². The molecule has 0 aromatic carbocycles. The molecule has 0 radical (unpaired) electrons. The summed E-state index contributed by atoms with van der Waals surface area (Å²) < 4.78 is 0. The van der Waals surface area contributed by atoms with E-state index >= 15 is 0 Å². The topological polar surface area (TPSA) is 64.5 Å². The van der Waals surface area contributed by atoms with E-state index in [2.05, 4.69) is 38.3 Å². The minimum atomic E-state index is 0.233. The van der Waals surface area contributed by atoms with Crippen LogP contribution in [-0.2, 0) is 0 Å². The second-order valence-electron chi connectivity index (χ2n) is 5.02. The van der Waals surface area contributed by atoms with Gasteiger partial charge >= 0.3 is 0 Å². The average Bonchev–Trinajstić information content (AvgIpc) is 2.29. The van der Waals surface area contributed by atoms with Crippen molar-refractivity contribution in [1.82, 2.24) is 10.6 Å². The molecule has 4 nitrogen and oxygen atoms in total. The van der Waals surface area contributed by atoms with Crippen molar-refractivity contribution in [3.63, 3.8) is 0 Å². The highest BCUT2D eigenvalue weighted by Crippen LogP contribution is 1.95. The molecule has 0 aliphatic rings. The minimum Gasteiger partial charge on any atom is -0.396 e. The first-order valence-corrected chi connectivity index (χ1v) is 6.97. The largest absolute Gasteiger partial charge is 0.396 e. The monoisotopic (exact) mass is 264 g/mol. The van der Waals surface area contributed by atoms with Crippen molar-refractivity contribution >= 4 is 0 Å². The molecule has 0 rings (SSSR count). The van der Waals surface area contributed by atoms with Crippen LogP contribution in [0.15, 0.2) is 0 Å². The van der Waals surface area contributed by atoms with Crippen molar-refractivity contribution in [2.24, 2.45) is 11.8 Å². The van der Waals surface area contributed by atoms with Gasteiger partial charge in [-0.1, -0.05) is 27.7 Å². The summed E-state index contributed by atoms with van der Waals surface area (Å²) in [7, 11) is 3.79. The minimum absolute atomic E-state index is 0.233. The molecule has 18 heavy (non-hydrogen) atoms. The molecule has 0 atom stereocenters. The van der Waals surface area contributed by atoms with E-state index in [4.69, 9.17) is 10.2 Å². The van der Waals surface area contributed by atoms with Crippen LogP contribution in [0.3, 0.4) is 0 Å². The van der Waals surface area contributed by atoms with Crippen molar-refractivity contribution in [2.75, 3.05) is 40.4 Å². The van der Waals surface area contributed by atoms with Crippen LogP contribution in [0.4, 0.5) is 0 Å². The van der Waals surface area contributed by atoms with Crippen molar-refractivity contribution in [2.45, 2.75) is 40.5 Å². The van der Waals surface area contributed by atoms with E-state index < -0.39 is 0 Å². The van der Waals surface area contributed by atoms with Crippen LogP contribution >= 0.6 is 0 Å². The van der Waals surface area contributed by atoms with Gasteiger partial charge in [0.05, 0.1) is 6.61 Å². The zero-order chi connectivity index (χ0) is 14.8. The normalized spacial score (nSPS) is 9.67. The molecule has 4 heteroatoms.